The molecule has 128 valence electrons. The monoisotopic (exact) mass is 407 g/mol. The third kappa shape index (κ3) is 7.20. The van der Waals surface area contributed by atoms with Gasteiger partial charge in [0.15, 0.2) is 0 Å². The molecule has 2 nitrogen and oxygen atoms in total. The predicted molar refractivity (Wildman–Crippen MR) is 107 cm³/mol. The second kappa shape index (κ2) is 10.7. The van der Waals surface area contributed by atoms with E-state index in [1.165, 1.54) is 17.4 Å². The Bertz CT molecular complexity index is 598. The number of hydrogen-bond acceptors (Lipinski definition) is 2. The topological polar surface area (TPSA) is 21.3 Å². The van der Waals surface area contributed by atoms with Gasteiger partial charge in [-0.05, 0) is 0 Å². The van der Waals surface area contributed by atoms with E-state index in [1.54, 1.807) is 0 Å². The van der Waals surface area contributed by atoms with E-state index in [2.05, 4.69) is 87.4 Å². The van der Waals surface area contributed by atoms with Gasteiger partial charge in [0, 0.05) is 0 Å². The molecule has 0 atom stereocenters. The van der Waals surface area contributed by atoms with Gasteiger partial charge in [0.25, 0.3) is 0 Å². The van der Waals surface area contributed by atoms with Gasteiger partial charge in [-0.3, -0.25) is 0 Å². The second-order valence-electron chi connectivity index (χ2n) is 5.75. The molecular weight excluding hydrogens is 380 g/mol. The molecule has 1 N–H and O–H groups in total. The van der Waals surface area contributed by atoms with E-state index in [-0.39, 0.29) is 0 Å². The average molecular weight is 406 g/mol. The zero-order chi connectivity index (χ0) is 17.1. The first-order valence-corrected chi connectivity index (χ1v) is 12.7. The molecule has 0 fully saturated rings. The van der Waals surface area contributed by atoms with Gasteiger partial charge in [0.2, 0.25) is 0 Å². The minimum atomic E-state index is -1.33. The molecule has 0 saturated heterocycles. The summed E-state index contributed by atoms with van der Waals surface area (Å²) in [5.41, 5.74) is 1.48. The molecular formula is C20H26NOPSe. The molecule has 0 amide bonds. The van der Waals surface area contributed by atoms with Crippen LogP contribution in [0.5, 0.6) is 0 Å². The number of aryl methyl sites for hydroxylation is 2. The van der Waals surface area contributed by atoms with E-state index in [9.17, 15) is 0 Å². The van der Waals surface area contributed by atoms with Gasteiger partial charge in [-0.1, -0.05) is 0 Å². The molecule has 0 unspecified atom stereocenters. The third-order valence-corrected chi connectivity index (χ3v) is 9.75. The Balaban J connectivity index is 1.94. The van der Waals surface area contributed by atoms with Crippen LogP contribution in [0.1, 0.15) is 11.1 Å². The van der Waals surface area contributed by atoms with Crippen LogP contribution in [0.15, 0.2) is 73.5 Å². The average Bonchev–Trinajstić information content (AvgIpc) is 2.64. The van der Waals surface area contributed by atoms with Crippen molar-refractivity contribution in [3.8, 4) is 0 Å². The van der Waals surface area contributed by atoms with E-state index < -0.39 is 5.66 Å². The summed E-state index contributed by atoms with van der Waals surface area (Å²) in [4.78, 5) is 0. The summed E-state index contributed by atoms with van der Waals surface area (Å²) in [7, 11) is 0. The predicted octanol–water partition coefficient (Wildman–Crippen LogP) is 4.24. The van der Waals surface area contributed by atoms with Crippen molar-refractivity contribution in [2.24, 2.45) is 0 Å². The van der Waals surface area contributed by atoms with Crippen molar-refractivity contribution in [3.63, 3.8) is 0 Å². The fraction of sp³-hybridized carbons (Fsp3) is 0.300. The van der Waals surface area contributed by atoms with E-state index in [4.69, 9.17) is 4.74 Å². The summed E-state index contributed by atoms with van der Waals surface area (Å²) < 4.78 is 5.26. The van der Waals surface area contributed by atoms with Crippen LogP contribution >= 0.6 is 5.66 Å². The summed E-state index contributed by atoms with van der Waals surface area (Å²) in [6.07, 6.45) is 6.04. The van der Waals surface area contributed by atoms with Crippen molar-refractivity contribution in [3.05, 3.63) is 84.6 Å². The van der Waals surface area contributed by atoms with E-state index in [0.717, 1.165) is 31.7 Å². The van der Waals surface area contributed by atoms with Gasteiger partial charge < -0.3 is 0 Å². The standard InChI is InChI=1S/C20H26NOPSe/c1-2-22-16-15-21-23(24,17-13-19-9-5-3-6-10-19)18-14-20-11-7-4-8-12-20/h2-12H,1,13-18H2,(H,21,24). The van der Waals surface area contributed by atoms with Gasteiger partial charge >= 0.3 is 154 Å². The van der Waals surface area contributed by atoms with Gasteiger partial charge in [-0.2, -0.15) is 0 Å². The molecule has 4 heteroatoms. The first-order chi connectivity index (χ1) is 11.7. The zero-order valence-electron chi connectivity index (χ0n) is 14.1. The molecule has 2 aromatic carbocycles. The maximum absolute atomic E-state index is 5.26. The normalized spacial score (nSPS) is 11.2. The summed E-state index contributed by atoms with van der Waals surface area (Å²) in [6.45, 7) is 5.13. The summed E-state index contributed by atoms with van der Waals surface area (Å²) >= 11 is 3.53. The molecule has 2 rings (SSSR count). The Morgan fingerprint density at radius 3 is 1.88 bits per heavy atom. The van der Waals surface area contributed by atoms with Crippen LogP contribution in [0.4, 0.5) is 0 Å². The number of ether oxygens (including phenoxy) is 1. The molecule has 0 aliphatic rings. The number of benzene rings is 2. The molecule has 24 heavy (non-hydrogen) atoms. The van der Waals surface area contributed by atoms with Crippen LogP contribution in [0, 0.1) is 0 Å². The van der Waals surface area contributed by atoms with Crippen LogP contribution in [-0.4, -0.2) is 40.6 Å². The van der Waals surface area contributed by atoms with Crippen molar-refractivity contribution in [2.75, 3.05) is 25.5 Å². The second-order valence-corrected chi connectivity index (χ2v) is 13.1. The Labute approximate surface area is 153 Å². The summed E-state index contributed by atoms with van der Waals surface area (Å²) in [5.74, 6) is 0. The van der Waals surface area contributed by atoms with Crippen molar-refractivity contribution < 1.29 is 4.74 Å². The number of rotatable bonds is 11. The Morgan fingerprint density at radius 2 is 1.42 bits per heavy atom. The van der Waals surface area contributed by atoms with E-state index in [1.807, 2.05) is 0 Å². The fourth-order valence-corrected chi connectivity index (χ4v) is 6.57. The Kier molecular flexibility index (Phi) is 8.56. The molecule has 0 radical (unpaired) electrons. The van der Waals surface area contributed by atoms with Crippen LogP contribution < -0.4 is 5.09 Å². The number of hydrogen-bond donors (Lipinski definition) is 1. The first kappa shape index (κ1) is 19.2. The fourth-order valence-electron chi connectivity index (χ4n) is 2.57. The molecule has 0 saturated carbocycles. The number of nitrogens with one attached hydrogen (secondary N) is 1. The molecule has 0 aliphatic carbocycles. The van der Waals surface area contributed by atoms with Crippen LogP contribution in [0.3, 0.4) is 0 Å². The van der Waals surface area contributed by atoms with E-state index in [0.29, 0.717) is 6.61 Å². The Hall–Kier alpha value is -1.11. The van der Waals surface area contributed by atoms with Gasteiger partial charge in [0.1, 0.15) is 0 Å². The Morgan fingerprint density at radius 1 is 0.917 bits per heavy atom. The van der Waals surface area contributed by atoms with Crippen molar-refractivity contribution in [2.45, 2.75) is 12.8 Å². The molecule has 0 spiro atoms. The van der Waals surface area contributed by atoms with Gasteiger partial charge in [-0.15, -0.1) is 0 Å². The minimum absolute atomic E-state index is 0.670. The zero-order valence-corrected chi connectivity index (χ0v) is 16.7. The van der Waals surface area contributed by atoms with Gasteiger partial charge in [-0.25, -0.2) is 0 Å². The molecule has 0 aliphatic heterocycles. The quantitative estimate of drug-likeness (QED) is 0.261. The molecule has 2 aromatic rings. The molecule has 0 heterocycles. The van der Waals surface area contributed by atoms with Crippen molar-refractivity contribution >= 4 is 20.8 Å². The third-order valence-electron chi connectivity index (χ3n) is 3.95. The SMILES string of the molecule is C=COCCNP(=[Se])(CCc1ccccc1)CCc1ccccc1. The van der Waals surface area contributed by atoms with Crippen LogP contribution in [0.2, 0.25) is 0 Å². The van der Waals surface area contributed by atoms with Crippen molar-refractivity contribution in [1.82, 2.24) is 5.09 Å². The first-order valence-electron chi connectivity index (χ1n) is 8.35. The maximum atomic E-state index is 5.26. The van der Waals surface area contributed by atoms with Crippen LogP contribution in [0.25, 0.3) is 0 Å². The molecule has 0 aromatic heterocycles. The van der Waals surface area contributed by atoms with Crippen LogP contribution in [-0.2, 0) is 17.6 Å². The van der Waals surface area contributed by atoms with Gasteiger partial charge in [0.05, 0.1) is 0 Å². The molecule has 0 bridgehead atoms. The van der Waals surface area contributed by atoms with E-state index >= 15 is 0 Å². The summed E-state index contributed by atoms with van der Waals surface area (Å²) in [5, 5.41) is 3.75. The van der Waals surface area contributed by atoms with Crippen molar-refractivity contribution in [1.29, 1.82) is 0 Å². The summed E-state index contributed by atoms with van der Waals surface area (Å²) in [6, 6.07) is 21.5.